The van der Waals surface area contributed by atoms with Crippen LogP contribution in [0.15, 0.2) is 24.3 Å². The van der Waals surface area contributed by atoms with E-state index in [0.29, 0.717) is 6.04 Å². The van der Waals surface area contributed by atoms with Crippen molar-refractivity contribution in [2.24, 2.45) is 0 Å². The molecule has 1 aliphatic heterocycles. The highest BCUT2D eigenvalue weighted by Crippen LogP contribution is 2.22. The fraction of sp³-hybridized carbons (Fsp3) is 0.538. The first-order chi connectivity index (χ1) is 7.75. The number of nitrogens with zero attached hydrogens (tertiary/aromatic N) is 1. The Balaban J connectivity index is 2.08. The third-order valence-corrected chi connectivity index (χ3v) is 3.62. The molecule has 0 radical (unpaired) electrons. The molecule has 0 spiro atoms. The molecule has 1 saturated heterocycles. The molecule has 2 nitrogen and oxygen atoms in total. The van der Waals surface area contributed by atoms with Gasteiger partial charge in [-0.3, -0.25) is 0 Å². The van der Waals surface area contributed by atoms with E-state index >= 15 is 0 Å². The van der Waals surface area contributed by atoms with E-state index in [0.717, 1.165) is 0 Å². The van der Waals surface area contributed by atoms with Crippen LogP contribution in [-0.2, 0) is 0 Å². The number of rotatable bonds is 3. The average Bonchev–Trinajstić information content (AvgIpc) is 2.30. The lowest BCUT2D eigenvalue weighted by Gasteiger charge is -2.29. The quantitative estimate of drug-likeness (QED) is 0.868. The van der Waals surface area contributed by atoms with Crippen LogP contribution >= 0.6 is 11.8 Å². The molecule has 1 aromatic carbocycles. The lowest BCUT2D eigenvalue weighted by Crippen LogP contribution is -2.32. The summed E-state index contributed by atoms with van der Waals surface area (Å²) in [5.74, 6) is 2.50. The Morgan fingerprint density at radius 2 is 2.00 bits per heavy atom. The lowest BCUT2D eigenvalue weighted by atomic mass is 10.2. The van der Waals surface area contributed by atoms with E-state index in [-0.39, 0.29) is 0 Å². The van der Waals surface area contributed by atoms with Gasteiger partial charge in [0.15, 0.2) is 0 Å². The van der Waals surface area contributed by atoms with Gasteiger partial charge in [0.1, 0.15) is 0 Å². The van der Waals surface area contributed by atoms with E-state index in [1.54, 1.807) is 0 Å². The first-order valence-corrected chi connectivity index (χ1v) is 7.10. The maximum absolute atomic E-state index is 3.45. The minimum absolute atomic E-state index is 0.493. The summed E-state index contributed by atoms with van der Waals surface area (Å²) in [4.78, 5) is 2.47. The smallest absolute Gasteiger partial charge is 0.0387 e. The van der Waals surface area contributed by atoms with Gasteiger partial charge in [-0.1, -0.05) is 6.07 Å². The Labute approximate surface area is 102 Å². The van der Waals surface area contributed by atoms with Crippen molar-refractivity contribution in [2.45, 2.75) is 19.9 Å². The van der Waals surface area contributed by atoms with Crippen LogP contribution < -0.4 is 10.2 Å². The van der Waals surface area contributed by atoms with Crippen molar-refractivity contribution in [3.05, 3.63) is 24.3 Å². The number of hydrogen-bond acceptors (Lipinski definition) is 3. The predicted molar refractivity (Wildman–Crippen MR) is 74.7 cm³/mol. The fourth-order valence-corrected chi connectivity index (χ4v) is 2.85. The van der Waals surface area contributed by atoms with Gasteiger partial charge in [-0.15, -0.1) is 0 Å². The zero-order chi connectivity index (χ0) is 11.4. The third kappa shape index (κ3) is 3.08. The molecule has 0 amide bonds. The molecule has 1 fully saturated rings. The third-order valence-electron chi connectivity index (χ3n) is 2.68. The summed E-state index contributed by atoms with van der Waals surface area (Å²) in [5, 5.41) is 3.45. The molecule has 0 aliphatic carbocycles. The van der Waals surface area contributed by atoms with Gasteiger partial charge >= 0.3 is 0 Å². The van der Waals surface area contributed by atoms with E-state index in [9.17, 15) is 0 Å². The van der Waals surface area contributed by atoms with Gasteiger partial charge in [0, 0.05) is 42.0 Å². The zero-order valence-electron chi connectivity index (χ0n) is 10.1. The van der Waals surface area contributed by atoms with Crippen molar-refractivity contribution in [2.75, 3.05) is 34.8 Å². The Kier molecular flexibility index (Phi) is 3.99. The van der Waals surface area contributed by atoms with Crippen molar-refractivity contribution in [3.8, 4) is 0 Å². The molecule has 0 unspecified atom stereocenters. The van der Waals surface area contributed by atoms with E-state index in [2.05, 4.69) is 60.1 Å². The van der Waals surface area contributed by atoms with Crippen LogP contribution in [0.25, 0.3) is 0 Å². The monoisotopic (exact) mass is 236 g/mol. The van der Waals surface area contributed by atoms with Crippen molar-refractivity contribution in [1.29, 1.82) is 0 Å². The largest absolute Gasteiger partial charge is 0.383 e. The van der Waals surface area contributed by atoms with Gasteiger partial charge in [0.2, 0.25) is 0 Å². The summed E-state index contributed by atoms with van der Waals surface area (Å²) < 4.78 is 0. The van der Waals surface area contributed by atoms with Gasteiger partial charge in [0.05, 0.1) is 0 Å². The second kappa shape index (κ2) is 5.48. The number of hydrogen-bond donors (Lipinski definition) is 1. The van der Waals surface area contributed by atoms with Gasteiger partial charge < -0.3 is 10.2 Å². The molecule has 3 heteroatoms. The molecule has 0 atom stereocenters. The van der Waals surface area contributed by atoms with Crippen LogP contribution in [0.1, 0.15) is 13.8 Å². The summed E-state index contributed by atoms with van der Waals surface area (Å²) in [5.41, 5.74) is 2.58. The second-order valence-electron chi connectivity index (χ2n) is 4.45. The molecule has 2 rings (SSSR count). The van der Waals surface area contributed by atoms with Crippen LogP contribution in [0, 0.1) is 0 Å². The lowest BCUT2D eigenvalue weighted by molar-refractivity contribution is 0.857. The molecule has 0 saturated carbocycles. The summed E-state index contributed by atoms with van der Waals surface area (Å²) in [6.45, 7) is 6.69. The van der Waals surface area contributed by atoms with Gasteiger partial charge in [-0.05, 0) is 32.0 Å². The van der Waals surface area contributed by atoms with Crippen molar-refractivity contribution in [3.63, 3.8) is 0 Å². The maximum atomic E-state index is 3.45. The number of benzene rings is 1. The molecule has 0 aromatic heterocycles. The van der Waals surface area contributed by atoms with E-state index in [1.165, 1.54) is 36.0 Å². The minimum atomic E-state index is 0.493. The normalized spacial score (nSPS) is 16.6. The highest BCUT2D eigenvalue weighted by atomic mass is 32.2. The topological polar surface area (TPSA) is 15.3 Å². The Morgan fingerprint density at radius 3 is 2.69 bits per heavy atom. The van der Waals surface area contributed by atoms with Crippen LogP contribution in [0.5, 0.6) is 0 Å². The average molecular weight is 236 g/mol. The molecule has 16 heavy (non-hydrogen) atoms. The zero-order valence-corrected chi connectivity index (χ0v) is 10.9. The van der Waals surface area contributed by atoms with Crippen LogP contribution in [0.3, 0.4) is 0 Å². The van der Waals surface area contributed by atoms with Gasteiger partial charge in [-0.2, -0.15) is 11.8 Å². The summed E-state index contributed by atoms with van der Waals surface area (Å²) >= 11 is 2.05. The molecule has 1 heterocycles. The highest BCUT2D eigenvalue weighted by Gasteiger charge is 2.11. The molecular weight excluding hydrogens is 216 g/mol. The van der Waals surface area contributed by atoms with E-state index in [4.69, 9.17) is 0 Å². The van der Waals surface area contributed by atoms with Gasteiger partial charge in [0.25, 0.3) is 0 Å². The number of anilines is 2. The van der Waals surface area contributed by atoms with Crippen LogP contribution in [-0.4, -0.2) is 30.6 Å². The van der Waals surface area contributed by atoms with Crippen molar-refractivity contribution in [1.82, 2.24) is 0 Å². The fourth-order valence-electron chi connectivity index (χ4n) is 1.95. The summed E-state index contributed by atoms with van der Waals surface area (Å²) in [6.07, 6.45) is 0. The predicted octanol–water partition coefficient (Wildman–Crippen LogP) is 3.06. The van der Waals surface area contributed by atoms with Crippen LogP contribution in [0.2, 0.25) is 0 Å². The standard InChI is InChI=1S/C13H20N2S/c1-11(2)14-12-4-3-5-13(10-12)15-6-8-16-9-7-15/h3-5,10-11,14H,6-9H2,1-2H3. The maximum Gasteiger partial charge on any atom is 0.0387 e. The van der Waals surface area contributed by atoms with E-state index < -0.39 is 0 Å². The molecular formula is C13H20N2S. The summed E-state index contributed by atoms with van der Waals surface area (Å²) in [7, 11) is 0. The highest BCUT2D eigenvalue weighted by molar-refractivity contribution is 7.99. The molecule has 1 N–H and O–H groups in total. The Hall–Kier alpha value is -0.830. The Bertz CT molecular complexity index is 332. The SMILES string of the molecule is CC(C)Nc1cccc(N2CCSCC2)c1. The molecule has 88 valence electrons. The molecule has 1 aliphatic rings. The summed E-state index contributed by atoms with van der Waals surface area (Å²) in [6, 6.07) is 9.24. The van der Waals surface area contributed by atoms with Gasteiger partial charge in [-0.25, -0.2) is 0 Å². The minimum Gasteiger partial charge on any atom is -0.383 e. The molecule has 0 bridgehead atoms. The Morgan fingerprint density at radius 1 is 1.25 bits per heavy atom. The first-order valence-electron chi connectivity index (χ1n) is 5.95. The van der Waals surface area contributed by atoms with Crippen molar-refractivity contribution >= 4 is 23.1 Å². The number of nitrogens with one attached hydrogen (secondary N) is 1. The van der Waals surface area contributed by atoms with Crippen molar-refractivity contribution < 1.29 is 0 Å². The number of thioether (sulfide) groups is 1. The van der Waals surface area contributed by atoms with Crippen LogP contribution in [0.4, 0.5) is 11.4 Å². The second-order valence-corrected chi connectivity index (χ2v) is 5.67. The first kappa shape index (κ1) is 11.6. The van der Waals surface area contributed by atoms with E-state index in [1.807, 2.05) is 0 Å². The molecule has 1 aromatic rings.